The number of aromatic nitrogens is 4. The van der Waals surface area contributed by atoms with Crippen molar-refractivity contribution in [3.8, 4) is 5.88 Å². The van der Waals surface area contributed by atoms with Gasteiger partial charge in [0.1, 0.15) is 12.1 Å². The van der Waals surface area contributed by atoms with Gasteiger partial charge in [0, 0.05) is 25.2 Å². The number of hydrogen-bond acceptors (Lipinski definition) is 7. The zero-order valence-electron chi connectivity index (χ0n) is 14.2. The molecule has 10 heteroatoms. The third kappa shape index (κ3) is 4.50. The molecule has 0 aliphatic carbocycles. The molecule has 1 aliphatic rings. The summed E-state index contributed by atoms with van der Waals surface area (Å²) >= 11 is 0. The van der Waals surface area contributed by atoms with Crippen LogP contribution in [0.5, 0.6) is 5.88 Å². The molecular weight excluding hydrogens is 349 g/mol. The number of halogens is 3. The molecule has 3 rings (SSSR count). The van der Waals surface area contributed by atoms with Crippen LogP contribution in [0, 0.1) is 0 Å². The van der Waals surface area contributed by atoms with Gasteiger partial charge in [-0.25, -0.2) is 9.97 Å². The van der Waals surface area contributed by atoms with Crippen molar-refractivity contribution in [2.24, 2.45) is 0 Å². The van der Waals surface area contributed by atoms with E-state index < -0.39 is 11.9 Å². The topological polar surface area (TPSA) is 76.1 Å². The highest BCUT2D eigenvalue weighted by Gasteiger charge is 2.33. The molecule has 2 aromatic rings. The first-order chi connectivity index (χ1) is 12.5. The minimum absolute atomic E-state index is 0.207. The maximum Gasteiger partial charge on any atom is 0.435 e. The van der Waals surface area contributed by atoms with E-state index in [1.807, 2.05) is 11.8 Å². The van der Waals surface area contributed by atoms with Gasteiger partial charge < -0.3 is 15.0 Å². The SMILES string of the molecule is CCOc1cc(NC2CCN(c3ccc(C(F)(F)F)nn3)CC2)ncn1. The van der Waals surface area contributed by atoms with E-state index in [9.17, 15) is 13.2 Å². The lowest BCUT2D eigenvalue weighted by Crippen LogP contribution is -2.39. The van der Waals surface area contributed by atoms with Crippen LogP contribution < -0.4 is 15.0 Å². The number of nitrogens with one attached hydrogen (secondary N) is 1. The van der Waals surface area contributed by atoms with Crippen molar-refractivity contribution in [2.75, 3.05) is 29.9 Å². The fourth-order valence-electron chi connectivity index (χ4n) is 2.75. The van der Waals surface area contributed by atoms with Crippen LogP contribution in [0.3, 0.4) is 0 Å². The lowest BCUT2D eigenvalue weighted by atomic mass is 10.1. The van der Waals surface area contributed by atoms with Gasteiger partial charge in [-0.05, 0) is 31.9 Å². The standard InChI is InChI=1S/C16H19F3N6O/c1-2-26-15-9-13(20-10-21-15)22-11-5-7-25(8-6-11)14-4-3-12(23-24-14)16(17,18)19/h3-4,9-11H,2,5-8H2,1H3,(H,20,21,22). The molecule has 2 aromatic heterocycles. The summed E-state index contributed by atoms with van der Waals surface area (Å²) in [4.78, 5) is 10.1. The summed E-state index contributed by atoms with van der Waals surface area (Å²) in [5.41, 5.74) is -0.980. The summed E-state index contributed by atoms with van der Waals surface area (Å²) in [6, 6.07) is 4.28. The Morgan fingerprint density at radius 1 is 1.19 bits per heavy atom. The van der Waals surface area contributed by atoms with E-state index in [2.05, 4.69) is 25.5 Å². The molecule has 1 fully saturated rings. The summed E-state index contributed by atoms with van der Waals surface area (Å²) in [5, 5.41) is 10.3. The van der Waals surface area contributed by atoms with E-state index in [-0.39, 0.29) is 6.04 Å². The van der Waals surface area contributed by atoms with Gasteiger partial charge in [0.2, 0.25) is 5.88 Å². The molecular formula is C16H19F3N6O. The van der Waals surface area contributed by atoms with Crippen LogP contribution in [0.25, 0.3) is 0 Å². The highest BCUT2D eigenvalue weighted by Crippen LogP contribution is 2.28. The molecule has 0 spiro atoms. The van der Waals surface area contributed by atoms with Crippen LogP contribution in [0.1, 0.15) is 25.5 Å². The van der Waals surface area contributed by atoms with E-state index in [0.29, 0.717) is 37.2 Å². The highest BCUT2D eigenvalue weighted by molar-refractivity contribution is 5.41. The Morgan fingerprint density at radius 3 is 2.58 bits per heavy atom. The Labute approximate surface area is 148 Å². The normalized spacial score (nSPS) is 15.8. The van der Waals surface area contributed by atoms with Crippen LogP contribution in [0.15, 0.2) is 24.5 Å². The van der Waals surface area contributed by atoms with E-state index in [0.717, 1.165) is 18.9 Å². The molecule has 0 unspecified atom stereocenters. The van der Waals surface area contributed by atoms with Gasteiger partial charge in [0.05, 0.1) is 6.61 Å². The Morgan fingerprint density at radius 2 is 1.96 bits per heavy atom. The first-order valence-corrected chi connectivity index (χ1v) is 8.33. The largest absolute Gasteiger partial charge is 0.478 e. The van der Waals surface area contributed by atoms with E-state index in [1.165, 1.54) is 12.4 Å². The van der Waals surface area contributed by atoms with E-state index >= 15 is 0 Å². The Balaban J connectivity index is 1.55. The molecule has 0 bridgehead atoms. The molecule has 0 atom stereocenters. The minimum atomic E-state index is -4.47. The number of anilines is 2. The van der Waals surface area contributed by atoms with Gasteiger partial charge in [0.25, 0.3) is 0 Å². The van der Waals surface area contributed by atoms with Crippen molar-refractivity contribution < 1.29 is 17.9 Å². The van der Waals surface area contributed by atoms with Crippen molar-refractivity contribution in [1.82, 2.24) is 20.2 Å². The minimum Gasteiger partial charge on any atom is -0.478 e. The molecule has 1 aliphatic heterocycles. The second-order valence-corrected chi connectivity index (χ2v) is 5.85. The lowest BCUT2D eigenvalue weighted by molar-refractivity contribution is -0.141. The van der Waals surface area contributed by atoms with Crippen molar-refractivity contribution >= 4 is 11.6 Å². The zero-order valence-corrected chi connectivity index (χ0v) is 14.2. The van der Waals surface area contributed by atoms with Crippen LogP contribution in [-0.2, 0) is 6.18 Å². The number of piperidine rings is 1. The first kappa shape index (κ1) is 18.2. The monoisotopic (exact) mass is 368 g/mol. The molecule has 7 nitrogen and oxygen atoms in total. The predicted octanol–water partition coefficient (Wildman–Crippen LogP) is 2.77. The first-order valence-electron chi connectivity index (χ1n) is 8.33. The van der Waals surface area contributed by atoms with Crippen LogP contribution in [0.4, 0.5) is 24.8 Å². The van der Waals surface area contributed by atoms with Crippen molar-refractivity contribution in [3.05, 3.63) is 30.2 Å². The predicted molar refractivity (Wildman–Crippen MR) is 89.1 cm³/mol. The Hall–Kier alpha value is -2.65. The average molecular weight is 368 g/mol. The summed E-state index contributed by atoms with van der Waals surface area (Å²) in [6.45, 7) is 3.75. The third-order valence-electron chi connectivity index (χ3n) is 4.05. The summed E-state index contributed by atoms with van der Waals surface area (Å²) in [7, 11) is 0. The van der Waals surface area contributed by atoms with Crippen molar-refractivity contribution in [3.63, 3.8) is 0 Å². The summed E-state index contributed by atoms with van der Waals surface area (Å²) < 4.78 is 43.0. The number of hydrogen-bond donors (Lipinski definition) is 1. The maximum atomic E-state index is 12.6. The fourth-order valence-corrected chi connectivity index (χ4v) is 2.75. The quantitative estimate of drug-likeness (QED) is 0.870. The third-order valence-corrected chi connectivity index (χ3v) is 4.05. The second-order valence-electron chi connectivity index (χ2n) is 5.85. The highest BCUT2D eigenvalue weighted by atomic mass is 19.4. The molecule has 1 saturated heterocycles. The smallest absolute Gasteiger partial charge is 0.435 e. The summed E-state index contributed by atoms with van der Waals surface area (Å²) in [6.07, 6.45) is -1.42. The van der Waals surface area contributed by atoms with Gasteiger partial charge in [-0.2, -0.15) is 13.2 Å². The molecule has 0 amide bonds. The van der Waals surface area contributed by atoms with Gasteiger partial charge >= 0.3 is 6.18 Å². The van der Waals surface area contributed by atoms with Gasteiger partial charge in [-0.3, -0.25) is 0 Å². The zero-order chi connectivity index (χ0) is 18.6. The lowest BCUT2D eigenvalue weighted by Gasteiger charge is -2.33. The molecule has 3 heterocycles. The van der Waals surface area contributed by atoms with Crippen LogP contribution in [0.2, 0.25) is 0 Å². The Bertz CT molecular complexity index is 717. The van der Waals surface area contributed by atoms with Crippen LogP contribution in [-0.4, -0.2) is 45.9 Å². The second kappa shape index (κ2) is 7.71. The average Bonchev–Trinajstić information content (AvgIpc) is 2.62. The van der Waals surface area contributed by atoms with Gasteiger partial charge in [0.15, 0.2) is 11.5 Å². The van der Waals surface area contributed by atoms with E-state index in [4.69, 9.17) is 4.74 Å². The van der Waals surface area contributed by atoms with Crippen molar-refractivity contribution in [2.45, 2.75) is 32.0 Å². The number of rotatable bonds is 5. The Kier molecular flexibility index (Phi) is 5.38. The molecule has 140 valence electrons. The molecule has 26 heavy (non-hydrogen) atoms. The molecule has 0 radical (unpaired) electrons. The number of ether oxygens (including phenoxy) is 1. The van der Waals surface area contributed by atoms with Crippen LogP contribution >= 0.6 is 0 Å². The fraction of sp³-hybridized carbons (Fsp3) is 0.500. The number of nitrogens with zero attached hydrogens (tertiary/aromatic N) is 5. The number of alkyl halides is 3. The van der Waals surface area contributed by atoms with Gasteiger partial charge in [-0.1, -0.05) is 0 Å². The molecule has 1 N–H and O–H groups in total. The molecule has 0 aromatic carbocycles. The van der Waals surface area contributed by atoms with E-state index in [1.54, 1.807) is 6.07 Å². The summed E-state index contributed by atoms with van der Waals surface area (Å²) in [5.74, 6) is 1.66. The van der Waals surface area contributed by atoms with Crippen molar-refractivity contribution in [1.29, 1.82) is 0 Å². The van der Waals surface area contributed by atoms with Gasteiger partial charge in [-0.15, -0.1) is 10.2 Å². The maximum absolute atomic E-state index is 12.6. The molecule has 0 saturated carbocycles.